The Morgan fingerprint density at radius 2 is 1.46 bits per heavy atom. The van der Waals surface area contributed by atoms with E-state index in [1.54, 1.807) is 6.21 Å². The van der Waals surface area contributed by atoms with Gasteiger partial charge in [0.15, 0.2) is 0 Å². The van der Waals surface area contributed by atoms with Crippen molar-refractivity contribution in [1.82, 2.24) is 15.0 Å². The highest BCUT2D eigenvalue weighted by atomic mass is 127. The molecule has 0 spiro atoms. The van der Waals surface area contributed by atoms with Crippen LogP contribution < -0.4 is 15.2 Å². The van der Waals surface area contributed by atoms with Crippen LogP contribution in [0, 0.1) is 3.57 Å². The topological polar surface area (TPSA) is 69.5 Å². The van der Waals surface area contributed by atoms with Crippen LogP contribution in [0.5, 0.6) is 0 Å². The number of hydrogen-bond acceptors (Lipinski definition) is 7. The van der Waals surface area contributed by atoms with Crippen LogP contribution in [0.1, 0.15) is 44.1 Å². The number of hydrazone groups is 1. The van der Waals surface area contributed by atoms with E-state index in [0.29, 0.717) is 5.95 Å². The van der Waals surface area contributed by atoms with Gasteiger partial charge in [0.05, 0.1) is 6.21 Å². The summed E-state index contributed by atoms with van der Waals surface area (Å²) in [5.74, 6) is 2.04. The van der Waals surface area contributed by atoms with Gasteiger partial charge in [0.2, 0.25) is 17.8 Å². The van der Waals surface area contributed by atoms with Crippen LogP contribution in [0.4, 0.5) is 17.8 Å². The van der Waals surface area contributed by atoms with Crippen LogP contribution in [0.2, 0.25) is 0 Å². The van der Waals surface area contributed by atoms with Crippen molar-refractivity contribution < 1.29 is 0 Å². The summed E-state index contributed by atoms with van der Waals surface area (Å²) in [6.07, 6.45) is 9.14. The van der Waals surface area contributed by atoms with Crippen LogP contribution in [-0.2, 0) is 0 Å². The summed E-state index contributed by atoms with van der Waals surface area (Å²) in [6.45, 7) is 4.03. The van der Waals surface area contributed by atoms with Gasteiger partial charge in [-0.05, 0) is 78.8 Å². The van der Waals surface area contributed by atoms with E-state index < -0.39 is 0 Å². The molecule has 2 fully saturated rings. The average molecular weight is 491 g/mol. The highest BCUT2D eigenvalue weighted by Gasteiger charge is 2.20. The van der Waals surface area contributed by atoms with Gasteiger partial charge in [-0.15, -0.1) is 0 Å². The quantitative estimate of drug-likeness (QED) is 0.389. The molecular weight excluding hydrogens is 465 g/mol. The Morgan fingerprint density at radius 1 is 0.857 bits per heavy atom. The van der Waals surface area contributed by atoms with E-state index in [1.165, 1.54) is 42.1 Å². The van der Waals surface area contributed by atoms with Gasteiger partial charge in [0, 0.05) is 29.7 Å². The molecule has 1 aromatic carbocycles. The van der Waals surface area contributed by atoms with Gasteiger partial charge < -0.3 is 9.80 Å². The summed E-state index contributed by atoms with van der Waals surface area (Å²) in [5.41, 5.74) is 4.07. The number of aromatic nitrogens is 3. The molecule has 2 saturated heterocycles. The first-order valence-corrected chi connectivity index (χ1v) is 11.2. The maximum Gasteiger partial charge on any atom is 0.250 e. The Kier molecular flexibility index (Phi) is 6.56. The number of hydrogen-bond donors (Lipinski definition) is 1. The SMILES string of the molecule is Ic1cccc(/C=N\Nc2nc(N3CCCCC3)nc(N3CCCCC3)n2)c1. The third-order valence-electron chi connectivity index (χ3n) is 5.12. The van der Waals surface area contributed by atoms with Crippen LogP contribution in [-0.4, -0.2) is 47.3 Å². The van der Waals surface area contributed by atoms with Crippen molar-refractivity contribution >= 4 is 46.7 Å². The lowest BCUT2D eigenvalue weighted by Gasteiger charge is -2.30. The number of halogens is 1. The molecule has 28 heavy (non-hydrogen) atoms. The summed E-state index contributed by atoms with van der Waals surface area (Å²) < 4.78 is 1.18. The van der Waals surface area contributed by atoms with E-state index in [4.69, 9.17) is 4.98 Å². The molecule has 1 N–H and O–H groups in total. The lowest BCUT2D eigenvalue weighted by Crippen LogP contribution is -2.34. The lowest BCUT2D eigenvalue weighted by atomic mass is 10.1. The zero-order valence-electron chi connectivity index (χ0n) is 16.0. The van der Waals surface area contributed by atoms with Gasteiger partial charge >= 0.3 is 0 Å². The first-order valence-electron chi connectivity index (χ1n) is 10.1. The monoisotopic (exact) mass is 491 g/mol. The Labute approximate surface area is 179 Å². The highest BCUT2D eigenvalue weighted by molar-refractivity contribution is 14.1. The van der Waals surface area contributed by atoms with Crippen molar-refractivity contribution in [2.75, 3.05) is 41.4 Å². The zero-order valence-corrected chi connectivity index (χ0v) is 18.2. The van der Waals surface area contributed by atoms with Gasteiger partial charge in [-0.2, -0.15) is 20.1 Å². The van der Waals surface area contributed by atoms with E-state index in [-0.39, 0.29) is 0 Å². The molecule has 0 amide bonds. The van der Waals surface area contributed by atoms with Gasteiger partial charge in [-0.1, -0.05) is 12.1 Å². The molecule has 148 valence electrons. The molecule has 2 aliphatic heterocycles. The van der Waals surface area contributed by atoms with Gasteiger partial charge in [0.1, 0.15) is 0 Å². The molecule has 7 nitrogen and oxygen atoms in total. The maximum absolute atomic E-state index is 4.80. The van der Waals surface area contributed by atoms with Crippen molar-refractivity contribution in [3.8, 4) is 0 Å². The second-order valence-corrected chi connectivity index (χ2v) is 8.53. The predicted molar refractivity (Wildman–Crippen MR) is 122 cm³/mol. The van der Waals surface area contributed by atoms with Crippen LogP contribution >= 0.6 is 22.6 Å². The van der Waals surface area contributed by atoms with Gasteiger partial charge in [-0.3, -0.25) is 0 Å². The number of rotatable bonds is 5. The first kappa shape index (κ1) is 19.4. The Hall–Kier alpha value is -1.97. The Morgan fingerprint density at radius 3 is 2.04 bits per heavy atom. The second-order valence-electron chi connectivity index (χ2n) is 7.28. The van der Waals surface area contributed by atoms with E-state index in [0.717, 1.165) is 43.6 Å². The second kappa shape index (κ2) is 9.49. The highest BCUT2D eigenvalue weighted by Crippen LogP contribution is 2.22. The third-order valence-corrected chi connectivity index (χ3v) is 5.79. The fraction of sp³-hybridized carbons (Fsp3) is 0.500. The van der Waals surface area contributed by atoms with E-state index in [1.807, 2.05) is 12.1 Å². The van der Waals surface area contributed by atoms with Crippen LogP contribution in [0.3, 0.4) is 0 Å². The minimum Gasteiger partial charge on any atom is -0.341 e. The summed E-state index contributed by atoms with van der Waals surface area (Å²) in [5, 5.41) is 4.36. The van der Waals surface area contributed by atoms with Gasteiger partial charge in [0.25, 0.3) is 0 Å². The molecular formula is C20H26IN7. The molecule has 0 atom stereocenters. The number of anilines is 3. The predicted octanol–water partition coefficient (Wildman–Crippen LogP) is 3.90. The van der Waals surface area contributed by atoms with Crippen molar-refractivity contribution in [3.63, 3.8) is 0 Å². The van der Waals surface area contributed by atoms with Crippen molar-refractivity contribution in [1.29, 1.82) is 0 Å². The fourth-order valence-corrected chi connectivity index (χ4v) is 4.19. The number of nitrogens with one attached hydrogen (secondary N) is 1. The fourth-order valence-electron chi connectivity index (χ4n) is 3.63. The average Bonchev–Trinajstić information content (AvgIpc) is 2.75. The molecule has 2 aromatic rings. The smallest absolute Gasteiger partial charge is 0.250 e. The number of benzene rings is 1. The van der Waals surface area contributed by atoms with E-state index in [2.05, 4.69) is 65.0 Å². The zero-order chi connectivity index (χ0) is 19.2. The lowest BCUT2D eigenvalue weighted by molar-refractivity contribution is 0.556. The molecule has 0 unspecified atom stereocenters. The minimum absolute atomic E-state index is 0.512. The van der Waals surface area contributed by atoms with Crippen LogP contribution in [0.15, 0.2) is 29.4 Å². The molecule has 2 aliphatic rings. The summed E-state index contributed by atoms with van der Waals surface area (Å²) in [6, 6.07) is 8.19. The largest absolute Gasteiger partial charge is 0.341 e. The Bertz CT molecular complexity index is 778. The van der Waals surface area contributed by atoms with Crippen molar-refractivity contribution in [3.05, 3.63) is 33.4 Å². The van der Waals surface area contributed by atoms with Crippen molar-refractivity contribution in [2.45, 2.75) is 38.5 Å². The van der Waals surface area contributed by atoms with Crippen LogP contribution in [0.25, 0.3) is 0 Å². The summed E-state index contributed by atoms with van der Waals surface area (Å²) in [7, 11) is 0. The number of piperidine rings is 2. The summed E-state index contributed by atoms with van der Waals surface area (Å²) >= 11 is 2.30. The first-order chi connectivity index (χ1) is 13.8. The standard InChI is InChI=1S/C20H26IN7/c21-17-9-7-8-16(14-17)15-22-26-18-23-19(27-10-3-1-4-11-27)25-20(24-18)28-12-5-2-6-13-28/h7-9,14-15H,1-6,10-13H2,(H,23,24,25,26)/b22-15-. The molecule has 4 rings (SSSR count). The third kappa shape index (κ3) is 5.09. The molecule has 0 bridgehead atoms. The van der Waals surface area contributed by atoms with Gasteiger partial charge in [-0.25, -0.2) is 5.43 Å². The molecule has 0 saturated carbocycles. The normalized spacial score (nSPS) is 17.9. The molecule has 3 heterocycles. The van der Waals surface area contributed by atoms with E-state index >= 15 is 0 Å². The van der Waals surface area contributed by atoms with Crippen molar-refractivity contribution in [2.24, 2.45) is 5.10 Å². The molecule has 0 aliphatic carbocycles. The maximum atomic E-state index is 4.80. The molecule has 8 heteroatoms. The molecule has 1 aromatic heterocycles. The number of nitrogens with zero attached hydrogens (tertiary/aromatic N) is 6. The Balaban J connectivity index is 1.55. The summed E-state index contributed by atoms with van der Waals surface area (Å²) in [4.78, 5) is 18.6. The van der Waals surface area contributed by atoms with E-state index in [9.17, 15) is 0 Å². The minimum atomic E-state index is 0.512. The molecule has 0 radical (unpaired) electrons.